The Morgan fingerprint density at radius 2 is 1.86 bits per heavy atom. The molecule has 0 aromatic rings. The lowest BCUT2D eigenvalue weighted by Gasteiger charge is -2.38. The highest BCUT2D eigenvalue weighted by Gasteiger charge is 2.30. The predicted molar refractivity (Wildman–Crippen MR) is 90.1 cm³/mol. The van der Waals surface area contributed by atoms with Gasteiger partial charge in [-0.1, -0.05) is 33.6 Å². The molecule has 1 unspecified atom stereocenters. The van der Waals surface area contributed by atoms with E-state index < -0.39 is 0 Å². The standard InChI is InChI=1S/C18H36N2O/c1-5-6-15(11-14-19)7-8-17(21)20(4)16-9-12-18(2,3)13-10-16/h15-16H,5-14,19H2,1-4H3. The van der Waals surface area contributed by atoms with Crippen LogP contribution in [0.3, 0.4) is 0 Å². The number of nitrogens with zero attached hydrogens (tertiary/aromatic N) is 1. The van der Waals surface area contributed by atoms with Crippen LogP contribution in [-0.4, -0.2) is 30.4 Å². The third-order valence-corrected chi connectivity index (χ3v) is 5.29. The van der Waals surface area contributed by atoms with E-state index in [2.05, 4.69) is 20.8 Å². The number of hydrogen-bond acceptors (Lipinski definition) is 2. The van der Waals surface area contributed by atoms with Gasteiger partial charge in [0.1, 0.15) is 0 Å². The molecule has 3 heteroatoms. The molecule has 0 bridgehead atoms. The van der Waals surface area contributed by atoms with E-state index in [9.17, 15) is 4.79 Å². The molecule has 1 aliphatic carbocycles. The van der Waals surface area contributed by atoms with Crippen LogP contribution >= 0.6 is 0 Å². The van der Waals surface area contributed by atoms with E-state index in [1.54, 1.807) is 0 Å². The molecule has 124 valence electrons. The first-order valence-corrected chi connectivity index (χ1v) is 8.85. The van der Waals surface area contributed by atoms with Crippen molar-refractivity contribution in [2.75, 3.05) is 13.6 Å². The van der Waals surface area contributed by atoms with Crippen LogP contribution in [0.5, 0.6) is 0 Å². The van der Waals surface area contributed by atoms with Crippen molar-refractivity contribution < 1.29 is 4.79 Å². The highest BCUT2D eigenvalue weighted by atomic mass is 16.2. The fourth-order valence-electron chi connectivity index (χ4n) is 3.56. The van der Waals surface area contributed by atoms with Crippen molar-refractivity contribution in [3.05, 3.63) is 0 Å². The van der Waals surface area contributed by atoms with Crippen molar-refractivity contribution in [2.45, 2.75) is 84.6 Å². The van der Waals surface area contributed by atoms with Crippen LogP contribution in [0.4, 0.5) is 0 Å². The van der Waals surface area contributed by atoms with E-state index >= 15 is 0 Å². The maximum atomic E-state index is 12.4. The Balaban J connectivity index is 2.37. The Morgan fingerprint density at radius 1 is 1.24 bits per heavy atom. The lowest BCUT2D eigenvalue weighted by atomic mass is 9.75. The zero-order valence-electron chi connectivity index (χ0n) is 14.7. The molecule has 0 heterocycles. The molecule has 21 heavy (non-hydrogen) atoms. The number of nitrogens with two attached hydrogens (primary N) is 1. The Morgan fingerprint density at radius 3 is 2.38 bits per heavy atom. The summed E-state index contributed by atoms with van der Waals surface area (Å²) < 4.78 is 0. The molecule has 1 rings (SSSR count). The molecule has 0 aliphatic heterocycles. The summed E-state index contributed by atoms with van der Waals surface area (Å²) >= 11 is 0. The van der Waals surface area contributed by atoms with Gasteiger partial charge in [0, 0.05) is 19.5 Å². The summed E-state index contributed by atoms with van der Waals surface area (Å²) in [6, 6.07) is 0.463. The molecule has 0 saturated heterocycles. The van der Waals surface area contributed by atoms with E-state index in [0.717, 1.165) is 32.2 Å². The lowest BCUT2D eigenvalue weighted by Crippen LogP contribution is -2.40. The van der Waals surface area contributed by atoms with E-state index in [4.69, 9.17) is 5.73 Å². The zero-order valence-corrected chi connectivity index (χ0v) is 14.7. The highest BCUT2D eigenvalue weighted by Crippen LogP contribution is 2.36. The van der Waals surface area contributed by atoms with Gasteiger partial charge in [-0.05, 0) is 56.4 Å². The maximum Gasteiger partial charge on any atom is 0.222 e. The first-order valence-electron chi connectivity index (χ1n) is 8.85. The van der Waals surface area contributed by atoms with Crippen LogP contribution in [-0.2, 0) is 4.79 Å². The summed E-state index contributed by atoms with van der Waals surface area (Å²) in [6.45, 7) is 7.63. The largest absolute Gasteiger partial charge is 0.343 e. The third kappa shape index (κ3) is 6.37. The van der Waals surface area contributed by atoms with Gasteiger partial charge in [-0.25, -0.2) is 0 Å². The second-order valence-electron chi connectivity index (χ2n) is 7.67. The van der Waals surface area contributed by atoms with Gasteiger partial charge in [0.2, 0.25) is 5.91 Å². The second kappa shape index (κ2) is 8.77. The molecule has 1 aliphatic rings. The Hall–Kier alpha value is -0.570. The fourth-order valence-corrected chi connectivity index (χ4v) is 3.56. The van der Waals surface area contributed by atoms with Crippen molar-refractivity contribution in [3.63, 3.8) is 0 Å². The average molecular weight is 296 g/mol. The van der Waals surface area contributed by atoms with E-state index in [1.807, 2.05) is 11.9 Å². The third-order valence-electron chi connectivity index (χ3n) is 5.29. The lowest BCUT2D eigenvalue weighted by molar-refractivity contribution is -0.133. The van der Waals surface area contributed by atoms with Gasteiger partial charge in [0.15, 0.2) is 0 Å². The molecular formula is C18H36N2O. The van der Waals surface area contributed by atoms with Crippen LogP contribution in [0.25, 0.3) is 0 Å². The first-order chi connectivity index (χ1) is 9.89. The summed E-state index contributed by atoms with van der Waals surface area (Å²) in [7, 11) is 2.00. The molecule has 0 spiro atoms. The molecule has 0 radical (unpaired) electrons. The Kier molecular flexibility index (Phi) is 7.72. The fraction of sp³-hybridized carbons (Fsp3) is 0.944. The minimum atomic E-state index is 0.331. The van der Waals surface area contributed by atoms with Crippen molar-refractivity contribution >= 4 is 5.91 Å². The molecule has 0 aromatic carbocycles. The van der Waals surface area contributed by atoms with E-state index in [-0.39, 0.29) is 0 Å². The zero-order chi connectivity index (χ0) is 15.9. The second-order valence-corrected chi connectivity index (χ2v) is 7.67. The van der Waals surface area contributed by atoms with Gasteiger partial charge in [0.25, 0.3) is 0 Å². The predicted octanol–water partition coefficient (Wildman–Crippen LogP) is 3.96. The number of carbonyl (C=O) groups is 1. The van der Waals surface area contributed by atoms with Gasteiger partial charge in [-0.15, -0.1) is 0 Å². The number of carbonyl (C=O) groups excluding carboxylic acids is 1. The monoisotopic (exact) mass is 296 g/mol. The Labute approximate surface area is 131 Å². The molecule has 1 atom stereocenters. The van der Waals surface area contributed by atoms with Crippen LogP contribution in [0.15, 0.2) is 0 Å². The average Bonchev–Trinajstić information content (AvgIpc) is 2.44. The number of amides is 1. The molecule has 0 aromatic heterocycles. The summed E-state index contributed by atoms with van der Waals surface area (Å²) in [5, 5.41) is 0. The molecule has 3 nitrogen and oxygen atoms in total. The smallest absolute Gasteiger partial charge is 0.222 e. The van der Waals surface area contributed by atoms with Crippen molar-refractivity contribution in [3.8, 4) is 0 Å². The van der Waals surface area contributed by atoms with E-state index in [0.29, 0.717) is 29.7 Å². The van der Waals surface area contributed by atoms with Crippen molar-refractivity contribution in [1.82, 2.24) is 4.90 Å². The van der Waals surface area contributed by atoms with Gasteiger partial charge in [-0.3, -0.25) is 4.79 Å². The summed E-state index contributed by atoms with van der Waals surface area (Å²) in [4.78, 5) is 14.4. The first kappa shape index (κ1) is 18.5. The van der Waals surface area contributed by atoms with E-state index in [1.165, 1.54) is 25.7 Å². The summed E-state index contributed by atoms with van der Waals surface area (Å²) in [6.07, 6.45) is 9.95. The van der Waals surface area contributed by atoms with Crippen LogP contribution in [0, 0.1) is 11.3 Å². The number of rotatable bonds is 8. The normalized spacial score (nSPS) is 20.2. The highest BCUT2D eigenvalue weighted by molar-refractivity contribution is 5.76. The topological polar surface area (TPSA) is 46.3 Å². The van der Waals surface area contributed by atoms with Crippen LogP contribution in [0.1, 0.15) is 78.6 Å². The van der Waals surface area contributed by atoms with Gasteiger partial charge in [0.05, 0.1) is 0 Å². The molecular weight excluding hydrogens is 260 g/mol. The summed E-state index contributed by atoms with van der Waals surface area (Å²) in [5.74, 6) is 0.959. The van der Waals surface area contributed by atoms with Crippen LogP contribution in [0.2, 0.25) is 0 Å². The Bertz CT molecular complexity index is 298. The van der Waals surface area contributed by atoms with Crippen molar-refractivity contribution in [2.24, 2.45) is 17.1 Å². The minimum Gasteiger partial charge on any atom is -0.343 e. The SMILES string of the molecule is CCCC(CCN)CCC(=O)N(C)C1CCC(C)(C)CC1. The van der Waals surface area contributed by atoms with Crippen molar-refractivity contribution in [1.29, 1.82) is 0 Å². The minimum absolute atomic E-state index is 0.331. The molecule has 1 amide bonds. The number of hydrogen-bond donors (Lipinski definition) is 1. The molecule has 2 N–H and O–H groups in total. The summed E-state index contributed by atoms with van der Waals surface area (Å²) in [5.41, 5.74) is 6.14. The molecule has 1 saturated carbocycles. The quantitative estimate of drug-likeness (QED) is 0.737. The van der Waals surface area contributed by atoms with Gasteiger partial charge < -0.3 is 10.6 Å². The van der Waals surface area contributed by atoms with Gasteiger partial charge in [-0.2, -0.15) is 0 Å². The van der Waals surface area contributed by atoms with Crippen LogP contribution < -0.4 is 5.73 Å². The maximum absolute atomic E-state index is 12.4. The molecule has 1 fully saturated rings. The van der Waals surface area contributed by atoms with Gasteiger partial charge >= 0.3 is 0 Å².